The molecule has 2 N–H and O–H groups in total. The molecule has 0 saturated carbocycles. The summed E-state index contributed by atoms with van der Waals surface area (Å²) in [5.41, 5.74) is 2.61. The van der Waals surface area contributed by atoms with Crippen molar-refractivity contribution < 1.29 is 28.0 Å². The Hall–Kier alpha value is -4.45. The van der Waals surface area contributed by atoms with Crippen LogP contribution >= 0.6 is 0 Å². The number of methoxy groups -OCH3 is 1. The van der Waals surface area contributed by atoms with E-state index in [1.165, 1.54) is 67.9 Å². The molecule has 0 fully saturated rings. The van der Waals surface area contributed by atoms with Crippen LogP contribution in [-0.4, -0.2) is 44.2 Å². The molecule has 176 valence electrons. The molecule has 0 radical (unpaired) electrons. The van der Waals surface area contributed by atoms with Gasteiger partial charge < -0.3 is 9.84 Å². The summed E-state index contributed by atoms with van der Waals surface area (Å²) in [7, 11) is -2.78. The molecular weight excluding hydrogens is 464 g/mol. The number of hydrogen-bond donors (Lipinski definition) is 2. The Kier molecular flexibility index (Phi) is 7.43. The van der Waals surface area contributed by atoms with E-state index in [-0.39, 0.29) is 27.8 Å². The van der Waals surface area contributed by atoms with Crippen LogP contribution in [0.5, 0.6) is 11.5 Å². The highest BCUT2D eigenvalue weighted by Crippen LogP contribution is 2.26. The number of nitrogens with zero attached hydrogens (tertiary/aromatic N) is 3. The fourth-order valence-corrected chi connectivity index (χ4v) is 4.34. The van der Waals surface area contributed by atoms with Gasteiger partial charge in [0.1, 0.15) is 6.54 Å². The second-order valence-electron chi connectivity index (χ2n) is 6.82. The van der Waals surface area contributed by atoms with Crippen molar-refractivity contribution in [2.24, 2.45) is 5.10 Å². The number of hydrazone groups is 1. The number of nitro benzene ring substituents is 1. The number of non-ortho nitro benzene ring substituents is 1. The maximum Gasteiger partial charge on any atom is 0.269 e. The summed E-state index contributed by atoms with van der Waals surface area (Å²) >= 11 is 0. The van der Waals surface area contributed by atoms with Crippen molar-refractivity contribution in [3.63, 3.8) is 0 Å². The van der Waals surface area contributed by atoms with Gasteiger partial charge in [0, 0.05) is 12.1 Å². The van der Waals surface area contributed by atoms with Crippen LogP contribution in [0.3, 0.4) is 0 Å². The van der Waals surface area contributed by atoms with Crippen LogP contribution in [0.25, 0.3) is 0 Å². The zero-order chi connectivity index (χ0) is 24.7. The van der Waals surface area contributed by atoms with E-state index in [2.05, 4.69) is 10.5 Å². The van der Waals surface area contributed by atoms with Crippen molar-refractivity contribution >= 4 is 33.5 Å². The Balaban J connectivity index is 1.83. The van der Waals surface area contributed by atoms with E-state index in [1.807, 2.05) is 0 Å². The minimum Gasteiger partial charge on any atom is -0.504 e. The van der Waals surface area contributed by atoms with Gasteiger partial charge in [-0.15, -0.1) is 0 Å². The zero-order valence-corrected chi connectivity index (χ0v) is 18.7. The predicted octanol–water partition coefficient (Wildman–Crippen LogP) is 2.65. The van der Waals surface area contributed by atoms with Crippen molar-refractivity contribution in [2.75, 3.05) is 18.0 Å². The van der Waals surface area contributed by atoms with Gasteiger partial charge in [0.05, 0.1) is 28.8 Å². The number of phenols is 1. The lowest BCUT2D eigenvalue weighted by Gasteiger charge is -2.23. The van der Waals surface area contributed by atoms with Crippen LogP contribution in [0.4, 0.5) is 11.4 Å². The molecule has 0 aliphatic carbocycles. The third kappa shape index (κ3) is 5.66. The van der Waals surface area contributed by atoms with Crippen molar-refractivity contribution in [2.45, 2.75) is 4.90 Å². The van der Waals surface area contributed by atoms with Gasteiger partial charge in [-0.05, 0) is 48.0 Å². The third-order valence-electron chi connectivity index (χ3n) is 4.57. The van der Waals surface area contributed by atoms with Crippen LogP contribution in [0.15, 0.2) is 82.8 Å². The molecule has 12 heteroatoms. The van der Waals surface area contributed by atoms with Crippen LogP contribution in [0.1, 0.15) is 5.56 Å². The minimum absolute atomic E-state index is 0.0548. The molecule has 0 unspecified atom stereocenters. The largest absolute Gasteiger partial charge is 0.504 e. The quantitative estimate of drug-likeness (QED) is 0.269. The lowest BCUT2D eigenvalue weighted by atomic mass is 10.2. The van der Waals surface area contributed by atoms with Gasteiger partial charge in [-0.1, -0.05) is 18.2 Å². The lowest BCUT2D eigenvalue weighted by Crippen LogP contribution is -2.39. The molecule has 0 spiro atoms. The smallest absolute Gasteiger partial charge is 0.269 e. The molecule has 0 atom stereocenters. The van der Waals surface area contributed by atoms with Crippen LogP contribution in [0.2, 0.25) is 0 Å². The first-order valence-electron chi connectivity index (χ1n) is 9.73. The highest BCUT2D eigenvalue weighted by Gasteiger charge is 2.27. The number of hydrogen-bond acceptors (Lipinski definition) is 8. The molecule has 0 aromatic heterocycles. The molecule has 11 nitrogen and oxygen atoms in total. The number of anilines is 1. The summed E-state index contributed by atoms with van der Waals surface area (Å²) in [6.45, 7) is -0.634. The SMILES string of the molecule is COc1cc(/C=N\NC(=O)CN(c2ccc([N+](=O)[O-])cc2)S(=O)(=O)c2ccccc2)ccc1O. The van der Waals surface area contributed by atoms with Gasteiger partial charge in [0.2, 0.25) is 0 Å². The second kappa shape index (κ2) is 10.4. The van der Waals surface area contributed by atoms with E-state index in [9.17, 15) is 28.4 Å². The normalized spacial score (nSPS) is 11.2. The monoisotopic (exact) mass is 484 g/mol. The van der Waals surface area contributed by atoms with Gasteiger partial charge in [0.25, 0.3) is 21.6 Å². The lowest BCUT2D eigenvalue weighted by molar-refractivity contribution is -0.384. The van der Waals surface area contributed by atoms with Crippen LogP contribution in [-0.2, 0) is 14.8 Å². The number of carbonyl (C=O) groups is 1. The van der Waals surface area contributed by atoms with E-state index in [0.717, 1.165) is 16.4 Å². The topological polar surface area (TPSA) is 151 Å². The minimum atomic E-state index is -4.17. The molecular formula is C22H20N4O7S. The van der Waals surface area contributed by atoms with E-state index in [1.54, 1.807) is 6.07 Å². The summed E-state index contributed by atoms with van der Waals surface area (Å²) in [6, 6.07) is 16.7. The molecule has 0 heterocycles. The first-order chi connectivity index (χ1) is 16.2. The van der Waals surface area contributed by atoms with E-state index in [0.29, 0.717) is 5.56 Å². The van der Waals surface area contributed by atoms with Crippen molar-refractivity contribution in [3.05, 3.63) is 88.5 Å². The average Bonchev–Trinajstić information content (AvgIpc) is 2.84. The molecule has 34 heavy (non-hydrogen) atoms. The first kappa shape index (κ1) is 24.2. The molecule has 0 saturated heterocycles. The van der Waals surface area contributed by atoms with Gasteiger partial charge >= 0.3 is 0 Å². The Bertz CT molecular complexity index is 1310. The number of nitrogens with one attached hydrogen (secondary N) is 1. The number of nitro groups is 1. The Morgan fingerprint density at radius 3 is 2.44 bits per heavy atom. The maximum absolute atomic E-state index is 13.2. The molecule has 3 aromatic carbocycles. The average molecular weight is 484 g/mol. The molecule has 1 amide bonds. The van der Waals surface area contributed by atoms with Gasteiger partial charge in [0.15, 0.2) is 11.5 Å². The van der Waals surface area contributed by atoms with E-state index >= 15 is 0 Å². The fraction of sp³-hybridized carbons (Fsp3) is 0.0909. The molecule has 0 aliphatic heterocycles. The molecule has 3 aromatic rings. The number of phenolic OH excluding ortho intramolecular Hbond substituents is 1. The number of benzene rings is 3. The number of rotatable bonds is 9. The number of sulfonamides is 1. The molecule has 0 bridgehead atoms. The van der Waals surface area contributed by atoms with Crippen LogP contribution in [0, 0.1) is 10.1 Å². The van der Waals surface area contributed by atoms with Crippen molar-refractivity contribution in [1.82, 2.24) is 5.43 Å². The highest BCUT2D eigenvalue weighted by molar-refractivity contribution is 7.92. The van der Waals surface area contributed by atoms with Crippen molar-refractivity contribution in [3.8, 4) is 11.5 Å². The number of amides is 1. The summed E-state index contributed by atoms with van der Waals surface area (Å²) in [4.78, 5) is 22.8. The zero-order valence-electron chi connectivity index (χ0n) is 17.9. The third-order valence-corrected chi connectivity index (χ3v) is 6.36. The van der Waals surface area contributed by atoms with E-state index in [4.69, 9.17) is 4.74 Å². The van der Waals surface area contributed by atoms with Crippen LogP contribution < -0.4 is 14.5 Å². The maximum atomic E-state index is 13.2. The fourth-order valence-electron chi connectivity index (χ4n) is 2.89. The van der Waals surface area contributed by atoms with Gasteiger partial charge in [-0.3, -0.25) is 19.2 Å². The van der Waals surface area contributed by atoms with Crippen molar-refractivity contribution in [1.29, 1.82) is 0 Å². The summed E-state index contributed by atoms with van der Waals surface area (Å²) in [6.07, 6.45) is 1.29. The number of carbonyl (C=O) groups excluding carboxylic acids is 1. The number of ether oxygens (including phenoxy) is 1. The molecule has 0 aliphatic rings. The van der Waals surface area contributed by atoms with Gasteiger partial charge in [-0.25, -0.2) is 13.8 Å². The Morgan fingerprint density at radius 2 is 1.82 bits per heavy atom. The summed E-state index contributed by atoms with van der Waals surface area (Å²) < 4.78 is 32.3. The molecule has 3 rings (SSSR count). The number of aromatic hydroxyl groups is 1. The Labute approximate surface area is 195 Å². The standard InChI is InChI=1S/C22H20N4O7S/c1-33-21-13-16(7-12-20(21)27)14-23-24-22(28)15-25(17-8-10-18(11-9-17)26(29)30)34(31,32)19-5-3-2-4-6-19/h2-14,27H,15H2,1H3,(H,24,28)/b23-14-. The van der Waals surface area contributed by atoms with Gasteiger partial charge in [-0.2, -0.15) is 5.10 Å². The Morgan fingerprint density at radius 1 is 1.15 bits per heavy atom. The predicted molar refractivity (Wildman–Crippen MR) is 124 cm³/mol. The highest BCUT2D eigenvalue weighted by atomic mass is 32.2. The summed E-state index contributed by atoms with van der Waals surface area (Å²) in [5, 5.41) is 24.4. The second-order valence-corrected chi connectivity index (χ2v) is 8.69. The summed E-state index contributed by atoms with van der Waals surface area (Å²) in [5.74, 6) is -0.595. The first-order valence-corrected chi connectivity index (χ1v) is 11.2. The van der Waals surface area contributed by atoms with E-state index < -0.39 is 27.4 Å².